The number of benzene rings is 3. The highest BCUT2D eigenvalue weighted by Gasteiger charge is 2.42. The van der Waals surface area contributed by atoms with E-state index in [9.17, 15) is 9.90 Å². The SMILES string of the molecule is CN1CCN(c2ccccc2OCCCCC(=O)N2CCC(C(O)(c3ccccc3)c3ccccc3)CC2)CC1. The number of amides is 1. The van der Waals surface area contributed by atoms with E-state index in [-0.39, 0.29) is 11.8 Å². The predicted molar refractivity (Wildman–Crippen MR) is 161 cm³/mol. The summed E-state index contributed by atoms with van der Waals surface area (Å²) in [5, 5.41) is 12.1. The third kappa shape index (κ3) is 6.51. The van der Waals surface area contributed by atoms with E-state index in [1.807, 2.05) is 71.6 Å². The molecule has 40 heavy (non-hydrogen) atoms. The molecule has 0 radical (unpaired) electrons. The molecule has 2 heterocycles. The highest BCUT2D eigenvalue weighted by molar-refractivity contribution is 5.76. The number of aliphatic hydroxyl groups is 1. The summed E-state index contributed by atoms with van der Waals surface area (Å²) >= 11 is 0. The molecule has 6 heteroatoms. The molecule has 2 aliphatic rings. The van der Waals surface area contributed by atoms with Crippen LogP contribution in [0.4, 0.5) is 5.69 Å². The maximum atomic E-state index is 13.0. The molecule has 3 aromatic rings. The van der Waals surface area contributed by atoms with E-state index >= 15 is 0 Å². The zero-order valence-electron chi connectivity index (χ0n) is 23.8. The van der Waals surface area contributed by atoms with Crippen LogP contribution < -0.4 is 9.64 Å². The average Bonchev–Trinajstić information content (AvgIpc) is 3.02. The smallest absolute Gasteiger partial charge is 0.222 e. The predicted octanol–water partition coefficient (Wildman–Crippen LogP) is 5.16. The maximum absolute atomic E-state index is 13.0. The van der Waals surface area contributed by atoms with Crippen LogP contribution in [0.3, 0.4) is 0 Å². The number of hydrogen-bond acceptors (Lipinski definition) is 5. The van der Waals surface area contributed by atoms with Gasteiger partial charge >= 0.3 is 0 Å². The summed E-state index contributed by atoms with van der Waals surface area (Å²) in [6.45, 7) is 6.12. The Balaban J connectivity index is 1.09. The Labute approximate surface area is 239 Å². The van der Waals surface area contributed by atoms with Crippen molar-refractivity contribution in [1.82, 2.24) is 9.80 Å². The number of unbranched alkanes of at least 4 members (excludes halogenated alkanes) is 1. The number of likely N-dealkylation sites (tertiary alicyclic amines) is 1. The van der Waals surface area contributed by atoms with Crippen LogP contribution in [-0.4, -0.2) is 73.7 Å². The molecule has 0 saturated carbocycles. The highest BCUT2D eigenvalue weighted by Crippen LogP contribution is 2.42. The normalized spacial score (nSPS) is 17.1. The lowest BCUT2D eigenvalue weighted by molar-refractivity contribution is -0.134. The van der Waals surface area contributed by atoms with Crippen LogP contribution in [0.2, 0.25) is 0 Å². The first-order chi connectivity index (χ1) is 19.6. The van der Waals surface area contributed by atoms with Crippen LogP contribution in [0.25, 0.3) is 0 Å². The van der Waals surface area contributed by atoms with Crippen LogP contribution in [0.1, 0.15) is 43.2 Å². The monoisotopic (exact) mass is 541 g/mol. The Kier molecular flexibility index (Phi) is 9.40. The number of hydrogen-bond donors (Lipinski definition) is 1. The Morgan fingerprint density at radius 3 is 2.00 bits per heavy atom. The third-order valence-electron chi connectivity index (χ3n) is 8.62. The first-order valence-corrected chi connectivity index (χ1v) is 14.8. The average molecular weight is 542 g/mol. The standard InChI is InChI=1S/C34H43N3O3/c1-35-23-25-36(26-24-35)31-16-8-9-17-32(31)40-27-11-10-18-33(38)37-21-19-30(20-22-37)34(39,28-12-4-2-5-13-28)29-14-6-3-7-15-29/h2-9,12-17,30,39H,10-11,18-27H2,1H3. The topological polar surface area (TPSA) is 56.2 Å². The van der Waals surface area contributed by atoms with Gasteiger partial charge in [-0.15, -0.1) is 0 Å². The summed E-state index contributed by atoms with van der Waals surface area (Å²) < 4.78 is 6.17. The number of carbonyl (C=O) groups excluding carboxylic acids is 1. The Morgan fingerprint density at radius 1 is 0.800 bits per heavy atom. The lowest BCUT2D eigenvalue weighted by Gasteiger charge is -2.42. The molecular formula is C34H43N3O3. The molecule has 0 aliphatic carbocycles. The van der Waals surface area contributed by atoms with Gasteiger partial charge in [-0.2, -0.15) is 0 Å². The molecule has 2 fully saturated rings. The number of para-hydroxylation sites is 2. The summed E-state index contributed by atoms with van der Waals surface area (Å²) in [5.74, 6) is 1.19. The van der Waals surface area contributed by atoms with E-state index in [2.05, 4.69) is 35.0 Å². The second-order valence-electron chi connectivity index (χ2n) is 11.2. The van der Waals surface area contributed by atoms with Gasteiger partial charge in [0.1, 0.15) is 11.4 Å². The van der Waals surface area contributed by atoms with Crippen molar-refractivity contribution in [1.29, 1.82) is 0 Å². The lowest BCUT2D eigenvalue weighted by Crippen LogP contribution is -2.46. The third-order valence-corrected chi connectivity index (χ3v) is 8.62. The number of likely N-dealkylation sites (N-methyl/N-ethyl adjacent to an activating group) is 1. The van der Waals surface area contributed by atoms with E-state index in [1.54, 1.807) is 0 Å². The van der Waals surface area contributed by atoms with E-state index < -0.39 is 5.60 Å². The summed E-state index contributed by atoms with van der Waals surface area (Å²) in [7, 11) is 2.17. The first kappa shape index (κ1) is 28.2. The van der Waals surface area contributed by atoms with Crippen LogP contribution in [0, 0.1) is 5.92 Å². The van der Waals surface area contributed by atoms with Gasteiger partial charge in [0.25, 0.3) is 0 Å². The Hall–Kier alpha value is -3.35. The fourth-order valence-corrected chi connectivity index (χ4v) is 6.18. The summed E-state index contributed by atoms with van der Waals surface area (Å²) in [6, 6.07) is 28.2. The molecule has 2 aliphatic heterocycles. The van der Waals surface area contributed by atoms with E-state index in [0.29, 0.717) is 26.1 Å². The van der Waals surface area contributed by atoms with Crippen molar-refractivity contribution in [2.75, 3.05) is 57.8 Å². The number of piperidine rings is 1. The second kappa shape index (κ2) is 13.3. The van der Waals surface area contributed by atoms with Crippen LogP contribution >= 0.6 is 0 Å². The van der Waals surface area contributed by atoms with Crippen molar-refractivity contribution in [2.24, 2.45) is 5.92 Å². The minimum absolute atomic E-state index is 0.0510. The van der Waals surface area contributed by atoms with Crippen molar-refractivity contribution in [3.05, 3.63) is 96.1 Å². The number of carbonyl (C=O) groups is 1. The Bertz CT molecular complexity index is 1160. The van der Waals surface area contributed by atoms with Crippen LogP contribution in [-0.2, 0) is 10.4 Å². The fourth-order valence-electron chi connectivity index (χ4n) is 6.18. The van der Waals surface area contributed by atoms with Gasteiger partial charge in [0.2, 0.25) is 5.91 Å². The largest absolute Gasteiger partial charge is 0.491 e. The molecule has 0 spiro atoms. The molecule has 0 unspecified atom stereocenters. The molecule has 0 aromatic heterocycles. The summed E-state index contributed by atoms with van der Waals surface area (Å²) in [5.41, 5.74) is 1.94. The summed E-state index contributed by atoms with van der Waals surface area (Å²) in [4.78, 5) is 19.8. The van der Waals surface area contributed by atoms with Gasteiger partial charge in [-0.3, -0.25) is 4.79 Å². The molecule has 3 aromatic carbocycles. The van der Waals surface area contributed by atoms with Gasteiger partial charge in [0.05, 0.1) is 12.3 Å². The molecule has 1 N–H and O–H groups in total. The van der Waals surface area contributed by atoms with Gasteiger partial charge in [0, 0.05) is 45.7 Å². The number of piperazine rings is 1. The lowest BCUT2D eigenvalue weighted by atomic mass is 9.72. The zero-order valence-corrected chi connectivity index (χ0v) is 23.8. The molecule has 0 bridgehead atoms. The number of anilines is 1. The summed E-state index contributed by atoms with van der Waals surface area (Å²) in [6.07, 6.45) is 3.75. The van der Waals surface area contributed by atoms with Crippen molar-refractivity contribution in [3.63, 3.8) is 0 Å². The van der Waals surface area contributed by atoms with Gasteiger partial charge < -0.3 is 24.5 Å². The van der Waals surface area contributed by atoms with Crippen molar-refractivity contribution in [2.45, 2.75) is 37.7 Å². The number of nitrogens with zero attached hydrogens (tertiary/aromatic N) is 3. The number of ether oxygens (including phenoxy) is 1. The van der Waals surface area contributed by atoms with Gasteiger partial charge in [-0.1, -0.05) is 72.8 Å². The quantitative estimate of drug-likeness (QED) is 0.359. The zero-order chi connectivity index (χ0) is 27.8. The molecule has 6 nitrogen and oxygen atoms in total. The fraction of sp³-hybridized carbons (Fsp3) is 0.441. The minimum atomic E-state index is -1.06. The van der Waals surface area contributed by atoms with Gasteiger partial charge in [0.15, 0.2) is 0 Å². The Morgan fingerprint density at radius 2 is 1.38 bits per heavy atom. The molecule has 212 valence electrons. The van der Waals surface area contributed by atoms with E-state index in [0.717, 1.165) is 68.7 Å². The molecule has 5 rings (SSSR count). The number of rotatable bonds is 10. The highest BCUT2D eigenvalue weighted by atomic mass is 16.5. The van der Waals surface area contributed by atoms with E-state index in [4.69, 9.17) is 4.74 Å². The van der Waals surface area contributed by atoms with Gasteiger partial charge in [-0.05, 0) is 61.9 Å². The molecule has 2 saturated heterocycles. The van der Waals surface area contributed by atoms with E-state index in [1.165, 1.54) is 5.69 Å². The van der Waals surface area contributed by atoms with Crippen molar-refractivity contribution >= 4 is 11.6 Å². The molecule has 1 amide bonds. The second-order valence-corrected chi connectivity index (χ2v) is 11.2. The first-order valence-electron chi connectivity index (χ1n) is 14.8. The van der Waals surface area contributed by atoms with Crippen LogP contribution in [0.5, 0.6) is 5.75 Å². The van der Waals surface area contributed by atoms with Crippen molar-refractivity contribution < 1.29 is 14.6 Å². The van der Waals surface area contributed by atoms with Crippen LogP contribution in [0.15, 0.2) is 84.9 Å². The minimum Gasteiger partial charge on any atom is -0.491 e. The maximum Gasteiger partial charge on any atom is 0.222 e. The molecular weight excluding hydrogens is 498 g/mol. The van der Waals surface area contributed by atoms with Crippen molar-refractivity contribution in [3.8, 4) is 5.75 Å². The van der Waals surface area contributed by atoms with Gasteiger partial charge in [-0.25, -0.2) is 0 Å². The molecule has 0 atom stereocenters.